The van der Waals surface area contributed by atoms with Gasteiger partial charge in [0, 0.05) is 13.1 Å². The molecular formula is C37H58ClN3O3. The van der Waals surface area contributed by atoms with Crippen LogP contribution in [-0.2, 0) is 11.8 Å². The van der Waals surface area contributed by atoms with E-state index < -0.39 is 5.41 Å². The third kappa shape index (κ3) is 14.3. The maximum Gasteiger partial charge on any atom is 0.122 e. The summed E-state index contributed by atoms with van der Waals surface area (Å²) in [5.74, 6) is 2.43. The molecule has 0 aromatic heterocycles. The molecule has 7 heteroatoms. The fourth-order valence-corrected chi connectivity index (χ4v) is 5.96. The molecule has 0 fully saturated rings. The van der Waals surface area contributed by atoms with Crippen molar-refractivity contribution in [1.82, 2.24) is 0 Å². The molecule has 6 nitrogen and oxygen atoms in total. The number of aryl methyl sites for hydroxylation is 1. The Labute approximate surface area is 274 Å². The third-order valence-electron chi connectivity index (χ3n) is 8.47. The van der Waals surface area contributed by atoms with Crippen molar-refractivity contribution in [3.05, 3.63) is 53.6 Å². The van der Waals surface area contributed by atoms with Gasteiger partial charge in [-0.15, -0.1) is 12.4 Å². The molecule has 0 saturated heterocycles. The molecule has 2 atom stereocenters. The summed E-state index contributed by atoms with van der Waals surface area (Å²) < 4.78 is 16.7. The van der Waals surface area contributed by atoms with Crippen LogP contribution in [0.3, 0.4) is 0 Å². The van der Waals surface area contributed by atoms with Crippen molar-refractivity contribution in [2.75, 3.05) is 27.9 Å². The lowest BCUT2D eigenvalue weighted by atomic mass is 9.73. The number of halogens is 1. The van der Waals surface area contributed by atoms with Crippen LogP contribution in [0, 0.1) is 11.3 Å². The largest absolute Gasteiger partial charge is 0.497 e. The standard InChI is InChI=1S/C37H57N3O3.ClH/c1-6-8-9-10-11-12-13-14-15-16-24-37(30-38,32-19-17-21-34(28-32)43-7-2)25-18-20-33(40-39-3)23-22-31-26-35(41-4)29-36(27-31)42-5;/h17,19,21,26-29,33H,6-16,18,20,22-25H2,1-5H3;1H. The summed E-state index contributed by atoms with van der Waals surface area (Å²) in [5.41, 5.74) is 1.71. The summed E-state index contributed by atoms with van der Waals surface area (Å²) in [7, 11) is 5.09. The van der Waals surface area contributed by atoms with Crippen molar-refractivity contribution >= 4 is 12.4 Å². The van der Waals surface area contributed by atoms with Crippen molar-refractivity contribution in [1.29, 1.82) is 5.26 Å². The first-order chi connectivity index (χ1) is 21.0. The van der Waals surface area contributed by atoms with Crippen molar-refractivity contribution in [2.45, 2.75) is 128 Å². The van der Waals surface area contributed by atoms with Crippen LogP contribution in [0.5, 0.6) is 17.2 Å². The Balaban J connectivity index is 0.00000968. The van der Waals surface area contributed by atoms with Crippen LogP contribution in [0.1, 0.15) is 121 Å². The molecular weight excluding hydrogens is 570 g/mol. The number of azo groups is 1. The van der Waals surface area contributed by atoms with E-state index in [0.29, 0.717) is 6.61 Å². The lowest BCUT2D eigenvalue weighted by Gasteiger charge is -2.28. The number of methoxy groups -OCH3 is 2. The number of benzene rings is 2. The number of hydrogen-bond acceptors (Lipinski definition) is 6. The number of ether oxygens (including phenoxy) is 3. The first-order valence-electron chi connectivity index (χ1n) is 16.7. The van der Waals surface area contributed by atoms with Crippen LogP contribution < -0.4 is 14.2 Å². The average molecular weight is 628 g/mol. The smallest absolute Gasteiger partial charge is 0.122 e. The second-order valence-electron chi connectivity index (χ2n) is 11.7. The highest BCUT2D eigenvalue weighted by Crippen LogP contribution is 2.37. The molecule has 0 aliphatic heterocycles. The number of unbranched alkanes of at least 4 members (excludes halogenated alkanes) is 9. The van der Waals surface area contributed by atoms with E-state index in [1.165, 1.54) is 57.8 Å². The van der Waals surface area contributed by atoms with E-state index in [1.54, 1.807) is 21.3 Å². The quantitative estimate of drug-likeness (QED) is 0.0856. The van der Waals surface area contributed by atoms with Crippen LogP contribution >= 0.6 is 12.4 Å². The van der Waals surface area contributed by atoms with Gasteiger partial charge in [0.25, 0.3) is 0 Å². The van der Waals surface area contributed by atoms with E-state index in [-0.39, 0.29) is 18.4 Å². The molecule has 0 aliphatic rings. The molecule has 246 valence electrons. The first kappa shape index (κ1) is 39.2. The van der Waals surface area contributed by atoms with Crippen LogP contribution in [-0.4, -0.2) is 33.9 Å². The number of nitrogens with zero attached hydrogens (tertiary/aromatic N) is 3. The molecule has 0 radical (unpaired) electrons. The molecule has 44 heavy (non-hydrogen) atoms. The van der Waals surface area contributed by atoms with Gasteiger partial charge in [0.05, 0.1) is 38.4 Å². The van der Waals surface area contributed by atoms with Gasteiger partial charge < -0.3 is 14.2 Å². The van der Waals surface area contributed by atoms with E-state index in [1.807, 2.05) is 25.1 Å². The van der Waals surface area contributed by atoms with Crippen molar-refractivity contribution in [3.8, 4) is 23.3 Å². The highest BCUT2D eigenvalue weighted by atomic mass is 35.5. The summed E-state index contributed by atoms with van der Waals surface area (Å²) in [6.07, 6.45) is 18.1. The highest BCUT2D eigenvalue weighted by Gasteiger charge is 2.32. The van der Waals surface area contributed by atoms with E-state index in [9.17, 15) is 5.26 Å². The Bertz CT molecular complexity index is 1080. The molecule has 0 amide bonds. The minimum Gasteiger partial charge on any atom is -0.497 e. The lowest BCUT2D eigenvalue weighted by molar-refractivity contribution is 0.337. The molecule has 0 bridgehead atoms. The maximum absolute atomic E-state index is 10.7. The minimum atomic E-state index is -0.526. The Morgan fingerprint density at radius 1 is 0.773 bits per heavy atom. The van der Waals surface area contributed by atoms with Crippen molar-refractivity contribution < 1.29 is 14.2 Å². The maximum atomic E-state index is 10.7. The van der Waals surface area contributed by atoms with Gasteiger partial charge in [0.2, 0.25) is 0 Å². The molecule has 0 N–H and O–H groups in total. The molecule has 2 unspecified atom stereocenters. The molecule has 0 spiro atoms. The normalized spacial score (nSPS) is 13.1. The molecule has 2 rings (SSSR count). The summed E-state index contributed by atoms with van der Waals surface area (Å²) in [5, 5.41) is 19.4. The van der Waals surface area contributed by atoms with Crippen molar-refractivity contribution in [3.63, 3.8) is 0 Å². The first-order valence-corrected chi connectivity index (χ1v) is 16.7. The summed E-state index contributed by atoms with van der Waals surface area (Å²) >= 11 is 0. The second kappa shape index (κ2) is 23.6. The zero-order valence-corrected chi connectivity index (χ0v) is 28.9. The number of hydrogen-bond donors (Lipinski definition) is 0. The van der Waals surface area contributed by atoms with E-state index in [4.69, 9.17) is 14.2 Å². The Hall–Kier alpha value is -2.78. The van der Waals surface area contributed by atoms with Crippen LogP contribution in [0.25, 0.3) is 0 Å². The van der Waals surface area contributed by atoms with Crippen LogP contribution in [0.4, 0.5) is 0 Å². The molecule has 0 heterocycles. The Morgan fingerprint density at radius 3 is 1.95 bits per heavy atom. The van der Waals surface area contributed by atoms with Gasteiger partial charge in [-0.2, -0.15) is 15.5 Å². The molecule has 0 saturated carbocycles. The van der Waals surface area contributed by atoms with Crippen LogP contribution in [0.15, 0.2) is 52.7 Å². The second-order valence-corrected chi connectivity index (χ2v) is 11.7. The minimum absolute atomic E-state index is 0. The Morgan fingerprint density at radius 2 is 1.39 bits per heavy atom. The van der Waals surface area contributed by atoms with E-state index in [0.717, 1.165) is 73.3 Å². The summed E-state index contributed by atoms with van der Waals surface area (Å²) in [6, 6.07) is 17.1. The van der Waals surface area contributed by atoms with E-state index in [2.05, 4.69) is 47.5 Å². The van der Waals surface area contributed by atoms with Gasteiger partial charge in [-0.1, -0.05) is 83.3 Å². The topological polar surface area (TPSA) is 76.2 Å². The van der Waals surface area contributed by atoms with Gasteiger partial charge in [-0.3, -0.25) is 0 Å². The van der Waals surface area contributed by atoms with Gasteiger partial charge >= 0.3 is 0 Å². The molecule has 2 aromatic carbocycles. The van der Waals surface area contributed by atoms with Gasteiger partial charge in [0.1, 0.15) is 17.2 Å². The van der Waals surface area contributed by atoms with Gasteiger partial charge in [-0.05, 0) is 80.8 Å². The van der Waals surface area contributed by atoms with Gasteiger partial charge in [0.15, 0.2) is 0 Å². The van der Waals surface area contributed by atoms with Crippen molar-refractivity contribution in [2.24, 2.45) is 10.2 Å². The molecule has 0 aliphatic carbocycles. The van der Waals surface area contributed by atoms with Crippen LogP contribution in [0.2, 0.25) is 0 Å². The summed E-state index contributed by atoms with van der Waals surface area (Å²) in [4.78, 5) is 0. The van der Waals surface area contributed by atoms with Gasteiger partial charge in [-0.25, -0.2) is 0 Å². The number of nitriles is 1. The fourth-order valence-electron chi connectivity index (χ4n) is 5.96. The SMILES string of the molecule is CCCCCCCCCCCCC(C#N)(CCCC(CCc1cc(OC)cc(OC)c1)N=NC)c1cccc(OCC)c1.Cl. The average Bonchev–Trinajstić information content (AvgIpc) is 3.03. The molecule has 2 aromatic rings. The monoisotopic (exact) mass is 627 g/mol. The zero-order chi connectivity index (χ0) is 31.2. The third-order valence-corrected chi connectivity index (χ3v) is 8.47. The lowest BCUT2D eigenvalue weighted by Crippen LogP contribution is -2.25. The predicted octanol–water partition coefficient (Wildman–Crippen LogP) is 10.9. The Kier molecular flexibility index (Phi) is 21.0. The zero-order valence-electron chi connectivity index (χ0n) is 28.1. The number of rotatable bonds is 24. The fraction of sp³-hybridized carbons (Fsp3) is 0.649. The highest BCUT2D eigenvalue weighted by molar-refractivity contribution is 5.85. The van der Waals surface area contributed by atoms with E-state index >= 15 is 0 Å². The predicted molar refractivity (Wildman–Crippen MR) is 185 cm³/mol. The summed E-state index contributed by atoms with van der Waals surface area (Å²) in [6.45, 7) is 4.88.